The second-order valence-corrected chi connectivity index (χ2v) is 4.59. The first-order chi connectivity index (χ1) is 9.70. The van der Waals surface area contributed by atoms with Crippen LogP contribution in [0.25, 0.3) is 11.5 Å². The van der Waals surface area contributed by atoms with Crippen LogP contribution < -0.4 is 5.73 Å². The number of aromatic nitrogens is 3. The van der Waals surface area contributed by atoms with E-state index in [1.807, 2.05) is 49.4 Å². The highest BCUT2D eigenvalue weighted by atomic mass is 16.5. The van der Waals surface area contributed by atoms with Crippen LogP contribution in [0, 0.1) is 6.92 Å². The molecule has 1 aromatic carbocycles. The zero-order valence-electron chi connectivity index (χ0n) is 11.1. The molecule has 3 rings (SSSR count). The van der Waals surface area contributed by atoms with E-state index in [4.69, 9.17) is 10.3 Å². The highest BCUT2D eigenvalue weighted by molar-refractivity contribution is 5.48. The van der Waals surface area contributed by atoms with Gasteiger partial charge in [-0.25, -0.2) is 4.98 Å². The van der Waals surface area contributed by atoms with Crippen molar-refractivity contribution in [2.24, 2.45) is 0 Å². The third-order valence-corrected chi connectivity index (χ3v) is 2.92. The van der Waals surface area contributed by atoms with E-state index < -0.39 is 0 Å². The van der Waals surface area contributed by atoms with Crippen molar-refractivity contribution in [1.29, 1.82) is 0 Å². The van der Waals surface area contributed by atoms with E-state index in [-0.39, 0.29) is 0 Å². The zero-order chi connectivity index (χ0) is 13.9. The standard InChI is InChI=1S/C15H14N4O/c1-10-3-2-4-13(17-10)15-18-14(20-19-15)9-11-5-7-12(16)8-6-11/h2-8H,9,16H2,1H3. The lowest BCUT2D eigenvalue weighted by molar-refractivity contribution is 0.385. The number of hydrogen-bond donors (Lipinski definition) is 1. The van der Waals surface area contributed by atoms with Crippen molar-refractivity contribution in [3.05, 3.63) is 59.6 Å². The van der Waals surface area contributed by atoms with Crippen LogP contribution in [0.15, 0.2) is 47.0 Å². The number of pyridine rings is 1. The lowest BCUT2D eigenvalue weighted by Crippen LogP contribution is -1.91. The predicted octanol–water partition coefficient (Wildman–Crippen LogP) is 2.61. The van der Waals surface area contributed by atoms with Gasteiger partial charge in [0, 0.05) is 11.4 Å². The quantitative estimate of drug-likeness (QED) is 0.737. The number of benzene rings is 1. The number of hydrogen-bond acceptors (Lipinski definition) is 5. The van der Waals surface area contributed by atoms with E-state index in [0.29, 0.717) is 18.1 Å². The molecule has 0 saturated carbocycles. The van der Waals surface area contributed by atoms with E-state index in [9.17, 15) is 0 Å². The Balaban J connectivity index is 1.82. The van der Waals surface area contributed by atoms with Crippen molar-refractivity contribution in [3.8, 4) is 11.5 Å². The molecule has 0 unspecified atom stereocenters. The SMILES string of the molecule is Cc1cccc(-c2noc(Cc3ccc(N)cc3)n2)n1. The van der Waals surface area contributed by atoms with Crippen LogP contribution in [0.5, 0.6) is 0 Å². The van der Waals surface area contributed by atoms with Crippen LogP contribution in [-0.4, -0.2) is 15.1 Å². The summed E-state index contributed by atoms with van der Waals surface area (Å²) in [4.78, 5) is 8.74. The first-order valence-corrected chi connectivity index (χ1v) is 6.32. The van der Waals surface area contributed by atoms with Gasteiger partial charge in [-0.1, -0.05) is 23.4 Å². The summed E-state index contributed by atoms with van der Waals surface area (Å²) in [6.45, 7) is 1.93. The first kappa shape index (κ1) is 12.3. The number of nitrogens with zero attached hydrogens (tertiary/aromatic N) is 3. The summed E-state index contributed by atoms with van der Waals surface area (Å²) in [5.74, 6) is 1.08. The van der Waals surface area contributed by atoms with Gasteiger partial charge >= 0.3 is 0 Å². The van der Waals surface area contributed by atoms with Gasteiger partial charge in [0.25, 0.3) is 0 Å². The molecule has 0 bridgehead atoms. The topological polar surface area (TPSA) is 77.8 Å². The van der Waals surface area contributed by atoms with Crippen LogP contribution in [0.1, 0.15) is 17.1 Å². The lowest BCUT2D eigenvalue weighted by atomic mass is 10.1. The number of anilines is 1. The molecule has 5 heteroatoms. The van der Waals surface area contributed by atoms with Gasteiger partial charge in [-0.15, -0.1) is 0 Å². The minimum Gasteiger partial charge on any atom is -0.399 e. The van der Waals surface area contributed by atoms with E-state index in [0.717, 1.165) is 22.6 Å². The molecule has 0 radical (unpaired) electrons. The molecule has 20 heavy (non-hydrogen) atoms. The largest absolute Gasteiger partial charge is 0.399 e. The van der Waals surface area contributed by atoms with Crippen LogP contribution in [-0.2, 0) is 6.42 Å². The summed E-state index contributed by atoms with van der Waals surface area (Å²) >= 11 is 0. The second-order valence-electron chi connectivity index (χ2n) is 4.59. The van der Waals surface area contributed by atoms with Gasteiger partial charge in [0.2, 0.25) is 11.7 Å². The van der Waals surface area contributed by atoms with Crippen LogP contribution in [0.4, 0.5) is 5.69 Å². The average Bonchev–Trinajstić information content (AvgIpc) is 2.90. The minimum atomic E-state index is 0.513. The van der Waals surface area contributed by atoms with Gasteiger partial charge in [-0.2, -0.15) is 4.98 Å². The molecular formula is C15H14N4O. The molecule has 0 aliphatic rings. The second kappa shape index (κ2) is 5.13. The Labute approximate surface area is 116 Å². The highest BCUT2D eigenvalue weighted by Crippen LogP contribution is 2.16. The number of aryl methyl sites for hydroxylation is 1. The maximum absolute atomic E-state index is 5.65. The van der Waals surface area contributed by atoms with Gasteiger partial charge in [0.05, 0.1) is 6.42 Å². The molecule has 100 valence electrons. The molecule has 0 fully saturated rings. The summed E-state index contributed by atoms with van der Waals surface area (Å²) in [6.07, 6.45) is 0.582. The Hall–Kier alpha value is -2.69. The van der Waals surface area contributed by atoms with E-state index >= 15 is 0 Å². The minimum absolute atomic E-state index is 0.513. The molecule has 0 aliphatic carbocycles. The van der Waals surface area contributed by atoms with Crippen LogP contribution in [0.3, 0.4) is 0 Å². The normalized spacial score (nSPS) is 10.7. The fraction of sp³-hybridized carbons (Fsp3) is 0.133. The first-order valence-electron chi connectivity index (χ1n) is 6.32. The summed E-state index contributed by atoms with van der Waals surface area (Å²) in [5.41, 5.74) is 9.11. The summed E-state index contributed by atoms with van der Waals surface area (Å²) in [5, 5.41) is 3.97. The third kappa shape index (κ3) is 2.66. The molecule has 2 heterocycles. The summed E-state index contributed by atoms with van der Waals surface area (Å²) in [7, 11) is 0. The Morgan fingerprint density at radius 2 is 1.85 bits per heavy atom. The molecule has 2 aromatic heterocycles. The van der Waals surface area contributed by atoms with Gasteiger partial charge in [0.1, 0.15) is 5.69 Å². The van der Waals surface area contributed by atoms with Gasteiger partial charge in [-0.05, 0) is 36.8 Å². The van der Waals surface area contributed by atoms with E-state index in [1.54, 1.807) is 0 Å². The number of nitrogens with two attached hydrogens (primary N) is 1. The maximum Gasteiger partial charge on any atom is 0.231 e. The molecule has 0 amide bonds. The highest BCUT2D eigenvalue weighted by Gasteiger charge is 2.10. The van der Waals surface area contributed by atoms with Gasteiger partial charge in [-0.3, -0.25) is 0 Å². The monoisotopic (exact) mass is 266 g/mol. The fourth-order valence-electron chi connectivity index (χ4n) is 1.91. The summed E-state index contributed by atoms with van der Waals surface area (Å²) < 4.78 is 5.26. The summed E-state index contributed by atoms with van der Waals surface area (Å²) in [6, 6.07) is 13.3. The average molecular weight is 266 g/mol. The molecule has 2 N–H and O–H groups in total. The van der Waals surface area contributed by atoms with Crippen molar-refractivity contribution >= 4 is 5.69 Å². The van der Waals surface area contributed by atoms with Gasteiger partial charge in [0.15, 0.2) is 0 Å². The molecule has 3 aromatic rings. The lowest BCUT2D eigenvalue weighted by Gasteiger charge is -1.97. The molecular weight excluding hydrogens is 252 g/mol. The predicted molar refractivity (Wildman–Crippen MR) is 75.9 cm³/mol. The third-order valence-electron chi connectivity index (χ3n) is 2.92. The van der Waals surface area contributed by atoms with Crippen molar-refractivity contribution in [3.63, 3.8) is 0 Å². The Morgan fingerprint density at radius 1 is 1.05 bits per heavy atom. The zero-order valence-corrected chi connectivity index (χ0v) is 11.1. The van der Waals surface area contributed by atoms with Crippen LogP contribution >= 0.6 is 0 Å². The number of rotatable bonds is 3. The molecule has 5 nitrogen and oxygen atoms in total. The Bertz CT molecular complexity index is 719. The molecule has 0 atom stereocenters. The van der Waals surface area contributed by atoms with E-state index in [2.05, 4.69) is 15.1 Å². The van der Waals surface area contributed by atoms with Crippen molar-refractivity contribution < 1.29 is 4.52 Å². The Kier molecular flexibility index (Phi) is 3.16. The number of nitrogen functional groups attached to an aromatic ring is 1. The maximum atomic E-state index is 5.65. The van der Waals surface area contributed by atoms with Gasteiger partial charge < -0.3 is 10.3 Å². The fourth-order valence-corrected chi connectivity index (χ4v) is 1.91. The Morgan fingerprint density at radius 3 is 2.60 bits per heavy atom. The van der Waals surface area contributed by atoms with Crippen LogP contribution in [0.2, 0.25) is 0 Å². The molecule has 0 aliphatic heterocycles. The van der Waals surface area contributed by atoms with Crippen molar-refractivity contribution in [1.82, 2.24) is 15.1 Å². The van der Waals surface area contributed by atoms with Crippen molar-refractivity contribution in [2.45, 2.75) is 13.3 Å². The molecule has 0 spiro atoms. The van der Waals surface area contributed by atoms with Crippen molar-refractivity contribution in [2.75, 3.05) is 5.73 Å². The smallest absolute Gasteiger partial charge is 0.231 e. The van der Waals surface area contributed by atoms with E-state index in [1.165, 1.54) is 0 Å². The molecule has 0 saturated heterocycles.